The van der Waals surface area contributed by atoms with Gasteiger partial charge in [0.2, 0.25) is 5.91 Å². The summed E-state index contributed by atoms with van der Waals surface area (Å²) in [5.74, 6) is -1.31. The first-order valence-corrected chi connectivity index (χ1v) is 6.94. The fourth-order valence-corrected chi connectivity index (χ4v) is 2.20. The number of benzene rings is 1. The van der Waals surface area contributed by atoms with E-state index in [4.69, 9.17) is 0 Å². The number of carbonyl (C=O) groups is 2. The Hall–Kier alpha value is -1.84. The number of hydrogen-bond donors (Lipinski definition) is 2. The zero-order chi connectivity index (χ0) is 15.3. The van der Waals surface area contributed by atoms with E-state index < -0.39 is 12.0 Å². The van der Waals surface area contributed by atoms with Crippen LogP contribution in [0.4, 0.5) is 0 Å². The predicted molar refractivity (Wildman–Crippen MR) is 78.6 cm³/mol. The van der Waals surface area contributed by atoms with E-state index in [1.54, 1.807) is 0 Å². The quantitative estimate of drug-likeness (QED) is 0.839. The maximum atomic E-state index is 12.1. The van der Waals surface area contributed by atoms with Crippen molar-refractivity contribution in [1.29, 1.82) is 0 Å². The van der Waals surface area contributed by atoms with Crippen LogP contribution in [0, 0.1) is 19.8 Å². The molecule has 0 aromatic heterocycles. The van der Waals surface area contributed by atoms with Crippen LogP contribution in [0.25, 0.3) is 0 Å². The van der Waals surface area contributed by atoms with Crippen molar-refractivity contribution in [1.82, 2.24) is 5.32 Å². The molecule has 0 bridgehead atoms. The van der Waals surface area contributed by atoms with Crippen LogP contribution in [0.1, 0.15) is 37.0 Å². The second kappa shape index (κ2) is 7.08. The average molecular weight is 277 g/mol. The third kappa shape index (κ3) is 4.08. The van der Waals surface area contributed by atoms with Crippen LogP contribution in [0.5, 0.6) is 0 Å². The van der Waals surface area contributed by atoms with Gasteiger partial charge in [-0.3, -0.25) is 4.79 Å². The third-order valence-corrected chi connectivity index (χ3v) is 3.78. The van der Waals surface area contributed by atoms with Gasteiger partial charge in [0.05, 0.1) is 6.42 Å². The van der Waals surface area contributed by atoms with Crippen LogP contribution in [0.15, 0.2) is 18.2 Å². The predicted octanol–water partition coefficient (Wildman–Crippen LogP) is 2.46. The highest BCUT2D eigenvalue weighted by Gasteiger charge is 2.25. The molecule has 20 heavy (non-hydrogen) atoms. The Balaban J connectivity index is 2.79. The smallest absolute Gasteiger partial charge is 0.326 e. The third-order valence-electron chi connectivity index (χ3n) is 3.78. The molecule has 4 heteroatoms. The molecule has 0 saturated heterocycles. The maximum absolute atomic E-state index is 12.1. The standard InChI is InChI=1S/C16H23NO3/c1-5-10(2)15(16(19)20)17-14(18)9-13-11(3)7-6-8-12(13)4/h6-8,10,15H,5,9H2,1-4H3,(H,17,18)(H,19,20). The van der Waals surface area contributed by atoms with Gasteiger partial charge in [0.25, 0.3) is 0 Å². The zero-order valence-corrected chi connectivity index (χ0v) is 12.6. The van der Waals surface area contributed by atoms with Crippen molar-refractivity contribution in [3.63, 3.8) is 0 Å². The van der Waals surface area contributed by atoms with Gasteiger partial charge in [-0.1, -0.05) is 38.5 Å². The molecule has 0 aliphatic heterocycles. The van der Waals surface area contributed by atoms with Crippen molar-refractivity contribution >= 4 is 11.9 Å². The summed E-state index contributed by atoms with van der Waals surface area (Å²) in [5.41, 5.74) is 3.07. The summed E-state index contributed by atoms with van der Waals surface area (Å²) in [6.07, 6.45) is 0.930. The van der Waals surface area contributed by atoms with E-state index in [9.17, 15) is 14.7 Å². The number of hydrogen-bond acceptors (Lipinski definition) is 2. The van der Waals surface area contributed by atoms with Gasteiger partial charge in [-0.2, -0.15) is 0 Å². The summed E-state index contributed by atoms with van der Waals surface area (Å²) in [5, 5.41) is 11.8. The summed E-state index contributed by atoms with van der Waals surface area (Å²) in [4.78, 5) is 23.3. The lowest BCUT2D eigenvalue weighted by atomic mass is 9.97. The van der Waals surface area contributed by atoms with Crippen molar-refractivity contribution in [2.24, 2.45) is 5.92 Å². The van der Waals surface area contributed by atoms with Crippen LogP contribution in [-0.4, -0.2) is 23.0 Å². The van der Waals surface area contributed by atoms with E-state index in [0.717, 1.165) is 16.7 Å². The molecule has 1 rings (SSSR count). The summed E-state index contributed by atoms with van der Waals surface area (Å²) in [6.45, 7) is 7.66. The summed E-state index contributed by atoms with van der Waals surface area (Å²) in [6, 6.07) is 5.04. The number of carbonyl (C=O) groups excluding carboxylic acids is 1. The Morgan fingerprint density at radius 2 is 1.80 bits per heavy atom. The highest BCUT2D eigenvalue weighted by molar-refractivity contribution is 5.85. The minimum atomic E-state index is -0.978. The Kier molecular flexibility index (Phi) is 5.74. The Bertz CT molecular complexity index is 476. The second-order valence-corrected chi connectivity index (χ2v) is 5.32. The summed E-state index contributed by atoms with van der Waals surface area (Å²) < 4.78 is 0. The summed E-state index contributed by atoms with van der Waals surface area (Å²) in [7, 11) is 0. The minimum absolute atomic E-state index is 0.0885. The van der Waals surface area contributed by atoms with Crippen molar-refractivity contribution in [3.05, 3.63) is 34.9 Å². The lowest BCUT2D eigenvalue weighted by Gasteiger charge is -2.20. The minimum Gasteiger partial charge on any atom is -0.480 e. The molecule has 1 aromatic carbocycles. The molecular weight excluding hydrogens is 254 g/mol. The Morgan fingerprint density at radius 3 is 2.25 bits per heavy atom. The highest BCUT2D eigenvalue weighted by atomic mass is 16.4. The SMILES string of the molecule is CCC(C)C(NC(=O)Cc1c(C)cccc1C)C(=O)O. The molecule has 0 aliphatic rings. The molecule has 0 saturated carbocycles. The van der Waals surface area contributed by atoms with E-state index in [-0.39, 0.29) is 18.2 Å². The second-order valence-electron chi connectivity index (χ2n) is 5.32. The highest BCUT2D eigenvalue weighted by Crippen LogP contribution is 2.14. The summed E-state index contributed by atoms with van der Waals surface area (Å²) >= 11 is 0. The lowest BCUT2D eigenvalue weighted by molar-refractivity contribution is -0.143. The monoisotopic (exact) mass is 277 g/mol. The molecular formula is C16H23NO3. The van der Waals surface area contributed by atoms with Crippen LogP contribution in [0.2, 0.25) is 0 Å². The zero-order valence-electron chi connectivity index (χ0n) is 12.6. The van der Waals surface area contributed by atoms with Crippen LogP contribution < -0.4 is 5.32 Å². The van der Waals surface area contributed by atoms with E-state index in [1.165, 1.54) is 0 Å². The number of carboxylic acids is 1. The molecule has 2 unspecified atom stereocenters. The molecule has 1 amide bonds. The maximum Gasteiger partial charge on any atom is 0.326 e. The molecule has 0 fully saturated rings. The Labute approximate surface area is 120 Å². The number of carboxylic acid groups (broad SMARTS) is 1. The molecule has 0 radical (unpaired) electrons. The number of nitrogens with one attached hydrogen (secondary N) is 1. The normalized spacial score (nSPS) is 13.6. The van der Waals surface area contributed by atoms with Crippen molar-refractivity contribution < 1.29 is 14.7 Å². The molecule has 0 spiro atoms. The topological polar surface area (TPSA) is 66.4 Å². The first kappa shape index (κ1) is 16.2. The van der Waals surface area contributed by atoms with Gasteiger partial charge >= 0.3 is 5.97 Å². The first-order chi connectivity index (χ1) is 9.36. The molecule has 0 aliphatic carbocycles. The molecule has 4 nitrogen and oxygen atoms in total. The number of amides is 1. The molecule has 0 heterocycles. The Morgan fingerprint density at radius 1 is 1.25 bits per heavy atom. The van der Waals surface area contributed by atoms with E-state index in [2.05, 4.69) is 5.32 Å². The molecule has 2 N–H and O–H groups in total. The van der Waals surface area contributed by atoms with Crippen molar-refractivity contribution in [3.8, 4) is 0 Å². The lowest BCUT2D eigenvalue weighted by Crippen LogP contribution is -2.45. The number of rotatable bonds is 6. The van der Waals surface area contributed by atoms with Gasteiger partial charge in [-0.25, -0.2) is 4.79 Å². The van der Waals surface area contributed by atoms with Crippen molar-refractivity contribution in [2.75, 3.05) is 0 Å². The number of aryl methyl sites for hydroxylation is 2. The average Bonchev–Trinajstić information content (AvgIpc) is 2.39. The molecule has 110 valence electrons. The van der Waals surface area contributed by atoms with Gasteiger partial charge < -0.3 is 10.4 Å². The molecule has 1 aromatic rings. The first-order valence-electron chi connectivity index (χ1n) is 6.94. The van der Waals surface area contributed by atoms with Gasteiger partial charge in [0.15, 0.2) is 0 Å². The van der Waals surface area contributed by atoms with Gasteiger partial charge in [0.1, 0.15) is 6.04 Å². The number of aliphatic carboxylic acids is 1. The van der Waals surface area contributed by atoms with E-state index in [0.29, 0.717) is 6.42 Å². The largest absolute Gasteiger partial charge is 0.480 e. The van der Waals surface area contributed by atoms with Crippen LogP contribution in [0.3, 0.4) is 0 Å². The van der Waals surface area contributed by atoms with Gasteiger partial charge in [0, 0.05) is 0 Å². The van der Waals surface area contributed by atoms with E-state index in [1.807, 2.05) is 45.9 Å². The molecule has 2 atom stereocenters. The van der Waals surface area contributed by atoms with Gasteiger partial charge in [-0.15, -0.1) is 0 Å². The van der Waals surface area contributed by atoms with E-state index >= 15 is 0 Å². The fraction of sp³-hybridized carbons (Fsp3) is 0.500. The van der Waals surface area contributed by atoms with Crippen LogP contribution in [-0.2, 0) is 16.0 Å². The fourth-order valence-electron chi connectivity index (χ4n) is 2.20. The van der Waals surface area contributed by atoms with Crippen LogP contribution >= 0.6 is 0 Å². The van der Waals surface area contributed by atoms with Gasteiger partial charge in [-0.05, 0) is 36.5 Å². The van der Waals surface area contributed by atoms with Crippen molar-refractivity contribution in [2.45, 2.75) is 46.6 Å².